The number of hydrogen-bond acceptors (Lipinski definition) is 3. The van der Waals surface area contributed by atoms with Crippen LogP contribution in [0.15, 0.2) is 69.6 Å². The number of hydrogen-bond donors (Lipinski definition) is 0. The normalized spacial score (nSPS) is 11.1. The van der Waals surface area contributed by atoms with E-state index in [1.807, 2.05) is 66.7 Å². The van der Waals surface area contributed by atoms with Gasteiger partial charge < -0.3 is 9.47 Å². The number of methoxy groups -OCH3 is 1. The zero-order chi connectivity index (χ0) is 20.8. The largest absolute Gasteiger partial charge is 0.493 e. The monoisotopic (exact) mass is 531 g/mol. The van der Waals surface area contributed by atoms with Crippen molar-refractivity contribution in [2.24, 2.45) is 0 Å². The Kier molecular flexibility index (Phi) is 7.38. The molecular formula is C23H16Br2ClNO2. The molecule has 29 heavy (non-hydrogen) atoms. The summed E-state index contributed by atoms with van der Waals surface area (Å²) in [4.78, 5) is 0. The van der Waals surface area contributed by atoms with E-state index in [4.69, 9.17) is 21.1 Å². The number of ether oxygens (including phenoxy) is 2. The van der Waals surface area contributed by atoms with Gasteiger partial charge in [0, 0.05) is 19.5 Å². The lowest BCUT2D eigenvalue weighted by molar-refractivity contribution is 0.284. The minimum atomic E-state index is 0.319. The van der Waals surface area contributed by atoms with Crippen LogP contribution in [0.4, 0.5) is 0 Å². The molecule has 3 nitrogen and oxygen atoms in total. The SMILES string of the molecule is COc1cc(/C=C(\C#N)c2cccc(Br)c2)c(Br)cc1OCc1ccccc1Cl. The van der Waals surface area contributed by atoms with Gasteiger partial charge in [0.15, 0.2) is 11.5 Å². The molecule has 0 spiro atoms. The second-order valence-corrected chi connectivity index (χ2v) is 8.26. The highest BCUT2D eigenvalue weighted by atomic mass is 79.9. The van der Waals surface area contributed by atoms with E-state index in [0.29, 0.717) is 28.7 Å². The molecule has 6 heteroatoms. The Morgan fingerprint density at radius 2 is 1.86 bits per heavy atom. The number of halogens is 3. The zero-order valence-electron chi connectivity index (χ0n) is 15.5. The molecule has 146 valence electrons. The Hall–Kier alpha value is -2.26. The molecule has 0 radical (unpaired) electrons. The van der Waals surface area contributed by atoms with Gasteiger partial charge in [-0.1, -0.05) is 73.8 Å². The van der Waals surface area contributed by atoms with Crippen molar-refractivity contribution in [2.75, 3.05) is 7.11 Å². The molecule has 0 aliphatic rings. The summed E-state index contributed by atoms with van der Waals surface area (Å²) in [5, 5.41) is 10.3. The molecule has 0 fully saturated rings. The average Bonchev–Trinajstić information content (AvgIpc) is 2.72. The van der Waals surface area contributed by atoms with Crippen molar-refractivity contribution >= 4 is 55.1 Å². The van der Waals surface area contributed by atoms with Gasteiger partial charge in [-0.2, -0.15) is 5.26 Å². The van der Waals surface area contributed by atoms with Gasteiger partial charge in [0.1, 0.15) is 6.61 Å². The molecule has 0 aliphatic carbocycles. The molecule has 0 unspecified atom stereocenters. The Balaban J connectivity index is 1.92. The van der Waals surface area contributed by atoms with Crippen LogP contribution in [0.25, 0.3) is 11.6 Å². The van der Waals surface area contributed by atoms with E-state index in [1.54, 1.807) is 7.11 Å². The summed E-state index contributed by atoms with van der Waals surface area (Å²) in [6.45, 7) is 0.319. The zero-order valence-corrected chi connectivity index (χ0v) is 19.4. The van der Waals surface area contributed by atoms with Crippen LogP contribution < -0.4 is 9.47 Å². The van der Waals surface area contributed by atoms with E-state index >= 15 is 0 Å². The predicted molar refractivity (Wildman–Crippen MR) is 124 cm³/mol. The summed E-state index contributed by atoms with van der Waals surface area (Å²) in [6.07, 6.45) is 1.81. The Bertz CT molecular complexity index is 1110. The summed E-state index contributed by atoms with van der Waals surface area (Å²) in [6, 6.07) is 21.1. The number of nitrogens with zero attached hydrogens (tertiary/aromatic N) is 1. The fourth-order valence-electron chi connectivity index (χ4n) is 2.70. The highest BCUT2D eigenvalue weighted by molar-refractivity contribution is 9.10. The second-order valence-electron chi connectivity index (χ2n) is 6.08. The minimum absolute atomic E-state index is 0.319. The van der Waals surface area contributed by atoms with Gasteiger partial charge in [0.25, 0.3) is 0 Å². The van der Waals surface area contributed by atoms with E-state index in [2.05, 4.69) is 37.9 Å². The van der Waals surface area contributed by atoms with Crippen LogP contribution in [0.5, 0.6) is 11.5 Å². The quantitative estimate of drug-likeness (QED) is 0.243. The summed E-state index contributed by atoms with van der Waals surface area (Å²) in [5.74, 6) is 1.15. The summed E-state index contributed by atoms with van der Waals surface area (Å²) in [7, 11) is 1.58. The summed E-state index contributed by atoms with van der Waals surface area (Å²) < 4.78 is 13.1. The van der Waals surface area contributed by atoms with Crippen molar-refractivity contribution in [3.05, 3.63) is 91.3 Å². The lowest BCUT2D eigenvalue weighted by atomic mass is 10.0. The van der Waals surface area contributed by atoms with Crippen LogP contribution in [-0.2, 0) is 6.61 Å². The molecule has 3 rings (SSSR count). The maximum atomic E-state index is 9.62. The molecular weight excluding hydrogens is 518 g/mol. The van der Waals surface area contributed by atoms with Crippen molar-refractivity contribution in [3.8, 4) is 17.6 Å². The van der Waals surface area contributed by atoms with E-state index in [1.165, 1.54) is 0 Å². The Morgan fingerprint density at radius 1 is 1.07 bits per heavy atom. The van der Waals surface area contributed by atoms with E-state index in [9.17, 15) is 5.26 Å². The summed E-state index contributed by atoms with van der Waals surface area (Å²) >= 11 is 13.2. The topological polar surface area (TPSA) is 42.2 Å². The molecule has 0 amide bonds. The third kappa shape index (κ3) is 5.42. The third-order valence-electron chi connectivity index (χ3n) is 4.18. The first-order chi connectivity index (χ1) is 14.0. The van der Waals surface area contributed by atoms with Crippen LogP contribution in [0, 0.1) is 11.3 Å². The molecule has 0 aliphatic heterocycles. The van der Waals surface area contributed by atoms with Gasteiger partial charge in [-0.05, 0) is 47.5 Å². The van der Waals surface area contributed by atoms with Gasteiger partial charge in [-0.3, -0.25) is 0 Å². The van der Waals surface area contributed by atoms with Crippen molar-refractivity contribution in [3.63, 3.8) is 0 Å². The fourth-order valence-corrected chi connectivity index (χ4v) is 3.72. The number of benzene rings is 3. The molecule has 3 aromatic carbocycles. The Labute approximate surface area is 191 Å². The van der Waals surface area contributed by atoms with Gasteiger partial charge >= 0.3 is 0 Å². The maximum absolute atomic E-state index is 9.62. The van der Waals surface area contributed by atoms with Gasteiger partial charge in [0.05, 0.1) is 18.8 Å². The number of allylic oxidation sites excluding steroid dienone is 1. The van der Waals surface area contributed by atoms with E-state index in [0.717, 1.165) is 25.6 Å². The molecule has 0 heterocycles. The van der Waals surface area contributed by atoms with E-state index < -0.39 is 0 Å². The lowest BCUT2D eigenvalue weighted by Crippen LogP contribution is -1.99. The fraction of sp³-hybridized carbons (Fsp3) is 0.0870. The third-order valence-corrected chi connectivity index (χ3v) is 5.73. The molecule has 0 N–H and O–H groups in total. The molecule has 3 aromatic rings. The highest BCUT2D eigenvalue weighted by Gasteiger charge is 2.12. The van der Waals surface area contributed by atoms with Crippen LogP contribution >= 0.6 is 43.5 Å². The molecule has 0 bridgehead atoms. The summed E-state index contributed by atoms with van der Waals surface area (Å²) in [5.41, 5.74) is 3.06. The first-order valence-corrected chi connectivity index (χ1v) is 10.6. The van der Waals surface area contributed by atoms with Crippen LogP contribution in [0.3, 0.4) is 0 Å². The van der Waals surface area contributed by atoms with E-state index in [-0.39, 0.29) is 0 Å². The smallest absolute Gasteiger partial charge is 0.162 e. The molecule has 0 atom stereocenters. The maximum Gasteiger partial charge on any atom is 0.162 e. The van der Waals surface area contributed by atoms with Crippen molar-refractivity contribution in [1.82, 2.24) is 0 Å². The van der Waals surface area contributed by atoms with Crippen LogP contribution in [-0.4, -0.2) is 7.11 Å². The van der Waals surface area contributed by atoms with Gasteiger partial charge in [-0.25, -0.2) is 0 Å². The molecule has 0 aromatic heterocycles. The van der Waals surface area contributed by atoms with Crippen molar-refractivity contribution in [2.45, 2.75) is 6.61 Å². The standard InChI is InChI=1S/C23H16Br2ClNO2/c1-28-22-11-17(9-18(13-27)15-6-4-7-19(24)10-15)20(25)12-23(22)29-14-16-5-2-3-8-21(16)26/h2-12H,14H2,1H3/b18-9+. The van der Waals surface area contributed by atoms with Crippen LogP contribution in [0.1, 0.15) is 16.7 Å². The van der Waals surface area contributed by atoms with Gasteiger partial charge in [0.2, 0.25) is 0 Å². The first-order valence-electron chi connectivity index (χ1n) is 8.63. The predicted octanol–water partition coefficient (Wildman–Crippen LogP) is 7.52. The van der Waals surface area contributed by atoms with Gasteiger partial charge in [-0.15, -0.1) is 0 Å². The molecule has 0 saturated heterocycles. The van der Waals surface area contributed by atoms with Crippen molar-refractivity contribution in [1.29, 1.82) is 5.26 Å². The lowest BCUT2D eigenvalue weighted by Gasteiger charge is -2.14. The van der Waals surface area contributed by atoms with Crippen molar-refractivity contribution < 1.29 is 9.47 Å². The Morgan fingerprint density at radius 3 is 2.55 bits per heavy atom. The second kappa shape index (κ2) is 9.98. The average molecular weight is 534 g/mol. The number of nitriles is 1. The molecule has 0 saturated carbocycles. The number of rotatable bonds is 6. The highest BCUT2D eigenvalue weighted by Crippen LogP contribution is 2.36. The minimum Gasteiger partial charge on any atom is -0.493 e. The van der Waals surface area contributed by atoms with Crippen LogP contribution in [0.2, 0.25) is 5.02 Å². The first kappa shape index (κ1) is 21.4.